The van der Waals surface area contributed by atoms with E-state index < -0.39 is 0 Å². The molecule has 1 aromatic rings. The van der Waals surface area contributed by atoms with E-state index in [9.17, 15) is 0 Å². The molecule has 0 bridgehead atoms. The summed E-state index contributed by atoms with van der Waals surface area (Å²) in [5.74, 6) is 1.65. The van der Waals surface area contributed by atoms with Gasteiger partial charge in [0.25, 0.3) is 0 Å². The molecule has 0 N–H and O–H groups in total. The summed E-state index contributed by atoms with van der Waals surface area (Å²) in [5, 5.41) is 0. The quantitative estimate of drug-likeness (QED) is 0.742. The van der Waals surface area contributed by atoms with Crippen LogP contribution in [0.4, 0.5) is 0 Å². The molecule has 2 unspecified atom stereocenters. The molecule has 1 saturated heterocycles. The van der Waals surface area contributed by atoms with Crippen LogP contribution < -0.4 is 9.47 Å². The Bertz CT molecular complexity index is 421. The first-order chi connectivity index (χ1) is 8.25. The molecule has 0 amide bonds. The molecular formula is C13H17NO3. The van der Waals surface area contributed by atoms with Crippen LogP contribution in [0.2, 0.25) is 0 Å². The van der Waals surface area contributed by atoms with E-state index >= 15 is 0 Å². The van der Waals surface area contributed by atoms with Crippen LogP contribution in [0, 0.1) is 0 Å². The normalized spacial score (nSPS) is 28.4. The molecule has 0 saturated carbocycles. The van der Waals surface area contributed by atoms with Crippen molar-refractivity contribution in [3.05, 3.63) is 23.8 Å². The van der Waals surface area contributed by atoms with Gasteiger partial charge in [-0.25, -0.2) is 0 Å². The zero-order valence-corrected chi connectivity index (χ0v) is 10.2. The summed E-state index contributed by atoms with van der Waals surface area (Å²) in [7, 11) is 2.13. The second-order valence-corrected chi connectivity index (χ2v) is 4.63. The molecule has 4 heteroatoms. The van der Waals surface area contributed by atoms with E-state index in [1.54, 1.807) is 0 Å². The van der Waals surface area contributed by atoms with E-state index in [0.29, 0.717) is 12.8 Å². The van der Waals surface area contributed by atoms with E-state index in [4.69, 9.17) is 14.2 Å². The fourth-order valence-corrected chi connectivity index (χ4v) is 2.36. The molecule has 0 aromatic heterocycles. The van der Waals surface area contributed by atoms with E-state index in [0.717, 1.165) is 30.2 Å². The van der Waals surface area contributed by atoms with Gasteiger partial charge in [0.05, 0.1) is 12.7 Å². The SMILES string of the molecule is CC1C(c2ccc3c(c2)OCO3)OCCN1C. The van der Waals surface area contributed by atoms with Gasteiger partial charge in [-0.15, -0.1) is 0 Å². The number of ether oxygens (including phenoxy) is 3. The Balaban J connectivity index is 1.88. The van der Waals surface area contributed by atoms with Crippen molar-refractivity contribution in [2.75, 3.05) is 27.0 Å². The molecule has 2 atom stereocenters. The predicted molar refractivity (Wildman–Crippen MR) is 63.4 cm³/mol. The van der Waals surface area contributed by atoms with Crippen molar-refractivity contribution in [3.8, 4) is 11.5 Å². The number of hydrogen-bond donors (Lipinski definition) is 0. The van der Waals surface area contributed by atoms with Crippen LogP contribution in [0.3, 0.4) is 0 Å². The summed E-state index contributed by atoms with van der Waals surface area (Å²) in [6.07, 6.45) is 0.114. The van der Waals surface area contributed by atoms with Gasteiger partial charge in [-0.2, -0.15) is 0 Å². The van der Waals surface area contributed by atoms with Crippen LogP contribution in [0.25, 0.3) is 0 Å². The topological polar surface area (TPSA) is 30.9 Å². The highest BCUT2D eigenvalue weighted by Crippen LogP contribution is 2.37. The number of rotatable bonds is 1. The van der Waals surface area contributed by atoms with Gasteiger partial charge in [-0.3, -0.25) is 4.90 Å². The Hall–Kier alpha value is -1.26. The summed E-state index contributed by atoms with van der Waals surface area (Å²) < 4.78 is 16.6. The Morgan fingerprint density at radius 2 is 2.06 bits per heavy atom. The molecule has 1 fully saturated rings. The first-order valence-electron chi connectivity index (χ1n) is 5.97. The van der Waals surface area contributed by atoms with Crippen LogP contribution in [-0.2, 0) is 4.74 Å². The number of morpholine rings is 1. The summed E-state index contributed by atoms with van der Waals surface area (Å²) in [4.78, 5) is 2.32. The first-order valence-corrected chi connectivity index (χ1v) is 5.97. The molecule has 2 aliphatic rings. The van der Waals surface area contributed by atoms with Crippen molar-refractivity contribution in [2.45, 2.75) is 19.1 Å². The van der Waals surface area contributed by atoms with Gasteiger partial charge < -0.3 is 14.2 Å². The number of benzene rings is 1. The van der Waals surface area contributed by atoms with Crippen molar-refractivity contribution >= 4 is 0 Å². The van der Waals surface area contributed by atoms with Crippen molar-refractivity contribution in [2.24, 2.45) is 0 Å². The van der Waals surface area contributed by atoms with Crippen LogP contribution in [0.15, 0.2) is 18.2 Å². The maximum absolute atomic E-state index is 5.87. The fraction of sp³-hybridized carbons (Fsp3) is 0.538. The maximum Gasteiger partial charge on any atom is 0.231 e. The Labute approximate surface area is 101 Å². The molecule has 0 aliphatic carbocycles. The highest BCUT2D eigenvalue weighted by atomic mass is 16.7. The van der Waals surface area contributed by atoms with E-state index in [2.05, 4.69) is 24.9 Å². The van der Waals surface area contributed by atoms with Crippen molar-refractivity contribution < 1.29 is 14.2 Å². The fourth-order valence-electron chi connectivity index (χ4n) is 2.36. The second-order valence-electron chi connectivity index (χ2n) is 4.63. The average Bonchev–Trinajstić information content (AvgIpc) is 2.79. The van der Waals surface area contributed by atoms with Crippen LogP contribution in [0.1, 0.15) is 18.6 Å². The van der Waals surface area contributed by atoms with E-state index in [1.165, 1.54) is 0 Å². The molecule has 0 spiro atoms. The molecule has 2 aliphatic heterocycles. The minimum Gasteiger partial charge on any atom is -0.454 e. The third-order valence-electron chi connectivity index (χ3n) is 3.60. The maximum atomic E-state index is 5.87. The lowest BCUT2D eigenvalue weighted by Gasteiger charge is -2.37. The number of hydrogen-bond acceptors (Lipinski definition) is 4. The van der Waals surface area contributed by atoms with Gasteiger partial charge in [-0.05, 0) is 31.7 Å². The van der Waals surface area contributed by atoms with Crippen LogP contribution >= 0.6 is 0 Å². The lowest BCUT2D eigenvalue weighted by molar-refractivity contribution is -0.0572. The van der Waals surface area contributed by atoms with Gasteiger partial charge in [0.15, 0.2) is 11.5 Å². The number of fused-ring (bicyclic) bond motifs is 1. The number of likely N-dealkylation sites (N-methyl/N-ethyl adjacent to an activating group) is 1. The van der Waals surface area contributed by atoms with Gasteiger partial charge >= 0.3 is 0 Å². The molecule has 4 nitrogen and oxygen atoms in total. The van der Waals surface area contributed by atoms with Gasteiger partial charge in [-0.1, -0.05) is 6.07 Å². The summed E-state index contributed by atoms with van der Waals surface area (Å²) in [5.41, 5.74) is 1.16. The standard InChI is InChI=1S/C13H17NO3/c1-9-13(15-6-5-14(9)2)10-3-4-11-12(7-10)17-8-16-11/h3-4,7,9,13H,5-6,8H2,1-2H3. The zero-order chi connectivity index (χ0) is 11.8. The second kappa shape index (κ2) is 4.20. The molecule has 92 valence electrons. The molecule has 17 heavy (non-hydrogen) atoms. The van der Waals surface area contributed by atoms with Gasteiger partial charge in [0, 0.05) is 12.6 Å². The molecule has 0 radical (unpaired) electrons. The smallest absolute Gasteiger partial charge is 0.231 e. The molecule has 2 heterocycles. The highest BCUT2D eigenvalue weighted by molar-refractivity contribution is 5.45. The summed E-state index contributed by atoms with van der Waals surface area (Å²) in [6, 6.07) is 6.43. The van der Waals surface area contributed by atoms with Gasteiger partial charge in [0.2, 0.25) is 6.79 Å². The average molecular weight is 235 g/mol. The van der Waals surface area contributed by atoms with E-state index in [1.807, 2.05) is 12.1 Å². The minimum absolute atomic E-state index is 0.114. The Morgan fingerprint density at radius 1 is 1.24 bits per heavy atom. The lowest BCUT2D eigenvalue weighted by atomic mass is 10.0. The van der Waals surface area contributed by atoms with Crippen LogP contribution in [-0.4, -0.2) is 37.9 Å². The zero-order valence-electron chi connectivity index (χ0n) is 10.2. The summed E-state index contributed by atoms with van der Waals surface area (Å²) in [6.45, 7) is 4.27. The largest absolute Gasteiger partial charge is 0.454 e. The molecular weight excluding hydrogens is 218 g/mol. The van der Waals surface area contributed by atoms with Crippen molar-refractivity contribution in [1.29, 1.82) is 0 Å². The Kier molecular flexibility index (Phi) is 2.68. The summed E-state index contributed by atoms with van der Waals surface area (Å²) >= 11 is 0. The van der Waals surface area contributed by atoms with Crippen LogP contribution in [0.5, 0.6) is 11.5 Å². The first kappa shape index (κ1) is 10.9. The third-order valence-corrected chi connectivity index (χ3v) is 3.60. The monoisotopic (exact) mass is 235 g/mol. The molecule has 1 aromatic carbocycles. The molecule has 3 rings (SSSR count). The number of nitrogens with zero attached hydrogens (tertiary/aromatic N) is 1. The minimum atomic E-state index is 0.114. The predicted octanol–water partition coefficient (Wildman–Crippen LogP) is 1.81. The van der Waals surface area contributed by atoms with Gasteiger partial charge in [0.1, 0.15) is 0 Å². The Morgan fingerprint density at radius 3 is 2.94 bits per heavy atom. The van der Waals surface area contributed by atoms with Crippen molar-refractivity contribution in [1.82, 2.24) is 4.90 Å². The third kappa shape index (κ3) is 1.87. The lowest BCUT2D eigenvalue weighted by Crippen LogP contribution is -2.42. The van der Waals surface area contributed by atoms with E-state index in [-0.39, 0.29) is 6.10 Å². The van der Waals surface area contributed by atoms with Crippen molar-refractivity contribution in [3.63, 3.8) is 0 Å². The highest BCUT2D eigenvalue weighted by Gasteiger charge is 2.28.